The zero-order valence-electron chi connectivity index (χ0n) is 8.32. The van der Waals surface area contributed by atoms with Gasteiger partial charge in [-0.25, -0.2) is 4.98 Å². The third kappa shape index (κ3) is 2.47. The lowest BCUT2D eigenvalue weighted by Gasteiger charge is -2.12. The summed E-state index contributed by atoms with van der Waals surface area (Å²) in [6.07, 6.45) is 0. The van der Waals surface area contributed by atoms with Crippen molar-refractivity contribution in [3.05, 3.63) is 26.3 Å². The van der Waals surface area contributed by atoms with E-state index in [0.717, 1.165) is 20.1 Å². The third-order valence-corrected chi connectivity index (χ3v) is 4.72. The molecule has 2 aromatic heterocycles. The number of thiophene rings is 1. The summed E-state index contributed by atoms with van der Waals surface area (Å²) in [4.78, 5) is 5.54. The number of halogens is 1. The van der Waals surface area contributed by atoms with Crippen molar-refractivity contribution in [1.29, 1.82) is 0 Å². The van der Waals surface area contributed by atoms with Crippen LogP contribution in [0.3, 0.4) is 0 Å². The molecule has 0 radical (unpaired) electrons. The Balaban J connectivity index is 2.36. The fourth-order valence-electron chi connectivity index (χ4n) is 1.12. The molecule has 2 aromatic rings. The van der Waals surface area contributed by atoms with E-state index >= 15 is 0 Å². The molecule has 0 saturated carbocycles. The molecule has 0 aromatic carbocycles. The Bertz CT molecular complexity index is 470. The maximum atomic E-state index is 9.80. The topological polar surface area (TPSA) is 33.1 Å². The molecule has 2 nitrogen and oxygen atoms in total. The number of aliphatic hydroxyl groups is 1. The van der Waals surface area contributed by atoms with Crippen molar-refractivity contribution in [1.82, 2.24) is 4.98 Å². The maximum Gasteiger partial charge on any atom is 0.124 e. The van der Waals surface area contributed by atoms with Crippen LogP contribution in [0.4, 0.5) is 0 Å². The van der Waals surface area contributed by atoms with Crippen molar-refractivity contribution in [2.75, 3.05) is 0 Å². The number of thiazole rings is 1. The summed E-state index contributed by atoms with van der Waals surface area (Å²) in [7, 11) is 0. The minimum Gasteiger partial charge on any atom is -0.383 e. The Labute approximate surface area is 105 Å². The van der Waals surface area contributed by atoms with Crippen LogP contribution in [0.2, 0.25) is 0 Å². The van der Waals surface area contributed by atoms with Crippen LogP contribution in [0.15, 0.2) is 21.3 Å². The summed E-state index contributed by atoms with van der Waals surface area (Å²) in [5.41, 5.74) is 0.0880. The van der Waals surface area contributed by atoms with Crippen LogP contribution in [-0.2, 0) is 5.60 Å². The molecule has 0 bridgehead atoms. The summed E-state index contributed by atoms with van der Waals surface area (Å²) in [5.74, 6) is 0. The van der Waals surface area contributed by atoms with Crippen molar-refractivity contribution < 1.29 is 5.11 Å². The number of rotatable bonds is 2. The Morgan fingerprint density at radius 2 is 2.07 bits per heavy atom. The molecule has 0 aliphatic heterocycles. The summed E-state index contributed by atoms with van der Waals surface area (Å²) >= 11 is 6.55. The van der Waals surface area contributed by atoms with Gasteiger partial charge >= 0.3 is 0 Å². The van der Waals surface area contributed by atoms with Crippen LogP contribution in [0.1, 0.15) is 18.9 Å². The molecule has 2 rings (SSSR count). The SMILES string of the molecule is CC(C)(O)c1nc(-c2cc(Br)cs2)cs1. The summed E-state index contributed by atoms with van der Waals surface area (Å²) in [5, 5.41) is 14.6. The second kappa shape index (κ2) is 3.97. The van der Waals surface area contributed by atoms with E-state index in [2.05, 4.69) is 20.9 Å². The Hall–Kier alpha value is -0.230. The number of nitrogens with zero attached hydrogens (tertiary/aromatic N) is 1. The zero-order chi connectivity index (χ0) is 11.1. The van der Waals surface area contributed by atoms with Crippen molar-refractivity contribution >= 4 is 38.6 Å². The maximum absolute atomic E-state index is 9.80. The smallest absolute Gasteiger partial charge is 0.124 e. The standard InChI is InChI=1S/C10H10BrNOS2/c1-10(2,13)9-12-7(5-15-9)8-3-6(11)4-14-8/h3-5,13H,1-2H3. The number of hydrogen-bond acceptors (Lipinski definition) is 4. The van der Waals surface area contributed by atoms with Crippen molar-refractivity contribution in [3.63, 3.8) is 0 Å². The lowest BCUT2D eigenvalue weighted by Crippen LogP contribution is -2.14. The van der Waals surface area contributed by atoms with Gasteiger partial charge < -0.3 is 5.11 Å². The third-order valence-electron chi connectivity index (χ3n) is 1.85. The fourth-order valence-corrected chi connectivity index (χ4v) is 3.42. The van der Waals surface area contributed by atoms with E-state index in [0.29, 0.717) is 0 Å². The van der Waals surface area contributed by atoms with Crippen LogP contribution in [0.25, 0.3) is 10.6 Å². The van der Waals surface area contributed by atoms with Gasteiger partial charge in [0.25, 0.3) is 0 Å². The van der Waals surface area contributed by atoms with Gasteiger partial charge in [-0.3, -0.25) is 0 Å². The highest BCUT2D eigenvalue weighted by Crippen LogP contribution is 2.33. The molecule has 0 spiro atoms. The average Bonchev–Trinajstić information content (AvgIpc) is 2.69. The second-order valence-electron chi connectivity index (χ2n) is 3.73. The molecule has 0 amide bonds. The zero-order valence-corrected chi connectivity index (χ0v) is 11.5. The molecule has 0 atom stereocenters. The molecule has 80 valence electrons. The second-order valence-corrected chi connectivity index (χ2v) is 6.41. The molecule has 0 aliphatic rings. The molecule has 0 unspecified atom stereocenters. The first-order valence-corrected chi connectivity index (χ1v) is 6.95. The lowest BCUT2D eigenvalue weighted by molar-refractivity contribution is 0.0783. The molecule has 5 heteroatoms. The van der Waals surface area contributed by atoms with E-state index in [1.165, 1.54) is 11.3 Å². The Morgan fingerprint density at radius 3 is 2.53 bits per heavy atom. The molecule has 15 heavy (non-hydrogen) atoms. The monoisotopic (exact) mass is 303 g/mol. The largest absolute Gasteiger partial charge is 0.383 e. The van der Waals surface area contributed by atoms with Crippen molar-refractivity contribution in [2.45, 2.75) is 19.4 Å². The molecular weight excluding hydrogens is 294 g/mol. The van der Waals surface area contributed by atoms with Gasteiger partial charge in [-0.2, -0.15) is 0 Å². The highest BCUT2D eigenvalue weighted by Gasteiger charge is 2.20. The van der Waals surface area contributed by atoms with E-state index in [4.69, 9.17) is 0 Å². The van der Waals surface area contributed by atoms with E-state index in [-0.39, 0.29) is 0 Å². The molecule has 0 fully saturated rings. The quantitative estimate of drug-likeness (QED) is 0.914. The van der Waals surface area contributed by atoms with E-state index in [1.54, 1.807) is 25.2 Å². The fraction of sp³-hybridized carbons (Fsp3) is 0.300. The molecular formula is C10H10BrNOS2. The van der Waals surface area contributed by atoms with E-state index in [1.807, 2.05) is 16.8 Å². The van der Waals surface area contributed by atoms with E-state index < -0.39 is 5.60 Å². The first-order valence-electron chi connectivity index (χ1n) is 4.39. The summed E-state index contributed by atoms with van der Waals surface area (Å²) in [6.45, 7) is 3.50. The Morgan fingerprint density at radius 1 is 1.33 bits per heavy atom. The molecule has 0 saturated heterocycles. The van der Waals surface area contributed by atoms with Gasteiger partial charge in [0.2, 0.25) is 0 Å². The first kappa shape index (κ1) is 11.3. The number of aromatic nitrogens is 1. The Kier molecular flexibility index (Phi) is 2.98. The number of hydrogen-bond donors (Lipinski definition) is 1. The van der Waals surface area contributed by atoms with Crippen LogP contribution in [-0.4, -0.2) is 10.1 Å². The van der Waals surface area contributed by atoms with E-state index in [9.17, 15) is 5.11 Å². The van der Waals surface area contributed by atoms with Gasteiger partial charge in [0.05, 0.1) is 10.6 Å². The first-order chi connectivity index (χ1) is 6.97. The predicted molar refractivity (Wildman–Crippen MR) is 68.4 cm³/mol. The van der Waals surface area contributed by atoms with Crippen molar-refractivity contribution in [2.24, 2.45) is 0 Å². The van der Waals surface area contributed by atoms with Gasteiger partial charge in [0.15, 0.2) is 0 Å². The minimum absolute atomic E-state index is 0.752. The van der Waals surface area contributed by atoms with Crippen LogP contribution in [0.5, 0.6) is 0 Å². The summed E-state index contributed by atoms with van der Waals surface area (Å²) in [6, 6.07) is 2.04. The lowest BCUT2D eigenvalue weighted by atomic mass is 10.1. The molecule has 1 N–H and O–H groups in total. The van der Waals surface area contributed by atoms with Gasteiger partial charge in [-0.15, -0.1) is 22.7 Å². The van der Waals surface area contributed by atoms with Crippen LogP contribution >= 0.6 is 38.6 Å². The predicted octanol–water partition coefficient (Wildman–Crippen LogP) is 3.86. The average molecular weight is 304 g/mol. The van der Waals surface area contributed by atoms with Crippen LogP contribution < -0.4 is 0 Å². The van der Waals surface area contributed by atoms with Gasteiger partial charge in [-0.1, -0.05) is 0 Å². The highest BCUT2D eigenvalue weighted by atomic mass is 79.9. The van der Waals surface area contributed by atoms with Gasteiger partial charge in [0.1, 0.15) is 10.6 Å². The molecule has 2 heterocycles. The summed E-state index contributed by atoms with van der Waals surface area (Å²) < 4.78 is 1.07. The minimum atomic E-state index is -0.850. The van der Waals surface area contributed by atoms with Crippen molar-refractivity contribution in [3.8, 4) is 10.6 Å². The van der Waals surface area contributed by atoms with Gasteiger partial charge in [0, 0.05) is 15.2 Å². The normalized spacial score (nSPS) is 12.0. The molecule has 0 aliphatic carbocycles. The van der Waals surface area contributed by atoms with Crippen LogP contribution in [0, 0.1) is 0 Å². The highest BCUT2D eigenvalue weighted by molar-refractivity contribution is 9.10. The van der Waals surface area contributed by atoms with Gasteiger partial charge in [-0.05, 0) is 35.8 Å².